The van der Waals surface area contributed by atoms with Gasteiger partial charge in [-0.3, -0.25) is 4.79 Å². The molecule has 0 radical (unpaired) electrons. The van der Waals surface area contributed by atoms with Crippen molar-refractivity contribution >= 4 is 17.8 Å². The molecule has 4 aliphatic rings. The Morgan fingerprint density at radius 2 is 1.94 bits per heavy atom. The van der Waals surface area contributed by atoms with Crippen LogP contribution in [0, 0.1) is 23.7 Å². The highest BCUT2D eigenvalue weighted by atomic mass is 16.6. The van der Waals surface area contributed by atoms with Crippen LogP contribution in [0.2, 0.25) is 0 Å². The maximum Gasteiger partial charge on any atom is 0.409 e. The molecule has 0 aromatic carbocycles. The number of pyridine rings is 1. The summed E-state index contributed by atoms with van der Waals surface area (Å²) in [4.78, 5) is 30.1. The van der Waals surface area contributed by atoms with Crippen LogP contribution in [0.4, 0.5) is 4.79 Å². The number of hydrogen-bond donors (Lipinski definition) is 3. The van der Waals surface area contributed by atoms with Gasteiger partial charge in [0.05, 0.1) is 34.8 Å². The van der Waals surface area contributed by atoms with Crippen LogP contribution in [0.1, 0.15) is 56.3 Å². The number of aromatic nitrogens is 1. The van der Waals surface area contributed by atoms with Gasteiger partial charge in [-0.15, -0.1) is 0 Å². The van der Waals surface area contributed by atoms with Crippen LogP contribution < -0.4 is 16.3 Å². The first-order chi connectivity index (χ1) is 16.5. The van der Waals surface area contributed by atoms with Crippen molar-refractivity contribution in [3.05, 3.63) is 29.2 Å². The minimum atomic E-state index is -0.688. The lowest BCUT2D eigenvalue weighted by Gasteiger charge is -2.44. The van der Waals surface area contributed by atoms with Crippen molar-refractivity contribution in [1.29, 1.82) is 0 Å². The van der Waals surface area contributed by atoms with Crippen LogP contribution in [-0.2, 0) is 9.53 Å². The molecule has 1 aromatic heterocycles. The number of aliphatic carboxylic acids is 1. The second kappa shape index (κ2) is 9.56. The lowest BCUT2D eigenvalue weighted by atomic mass is 9.60. The molecule has 1 amide bonds. The van der Waals surface area contributed by atoms with Crippen molar-refractivity contribution in [3.63, 3.8) is 0 Å². The molecular formula is C25H37N5O5. The largest absolute Gasteiger partial charge is 0.491 e. The summed E-state index contributed by atoms with van der Waals surface area (Å²) in [6, 6.07) is 3.56. The quantitative estimate of drug-likeness (QED) is 0.335. The Kier molecular flexibility index (Phi) is 6.86. The first-order valence-electron chi connectivity index (χ1n) is 12.2. The SMILES string of the molecule is Cc1nc(/C(N)=C(\COC(=O)N(C)CC2CCC2)N(C)N)ccc1OCC12CCC(C(=O)O)(C1)C2. The summed E-state index contributed by atoms with van der Waals surface area (Å²) in [6.07, 6.45) is 6.06. The number of hydrazine groups is 1. The highest BCUT2D eigenvalue weighted by Crippen LogP contribution is 2.67. The summed E-state index contributed by atoms with van der Waals surface area (Å²) in [5, 5.41) is 10.8. The number of hydrogen-bond acceptors (Lipinski definition) is 8. The monoisotopic (exact) mass is 487 g/mol. The second-order valence-corrected chi connectivity index (χ2v) is 10.7. The third kappa shape index (κ3) is 5.03. The molecule has 0 saturated heterocycles. The minimum Gasteiger partial charge on any atom is -0.491 e. The second-order valence-electron chi connectivity index (χ2n) is 10.7. The molecule has 0 spiro atoms. The van der Waals surface area contributed by atoms with Gasteiger partial charge in [-0.05, 0) is 63.5 Å². The van der Waals surface area contributed by atoms with Crippen LogP contribution in [0.5, 0.6) is 5.75 Å². The minimum absolute atomic E-state index is 0.0481. The summed E-state index contributed by atoms with van der Waals surface area (Å²) < 4.78 is 11.5. The molecule has 5 N–H and O–H groups in total. The van der Waals surface area contributed by atoms with E-state index in [-0.39, 0.29) is 12.0 Å². The van der Waals surface area contributed by atoms with Gasteiger partial charge in [0, 0.05) is 26.1 Å². The van der Waals surface area contributed by atoms with Gasteiger partial charge in [-0.2, -0.15) is 0 Å². The van der Waals surface area contributed by atoms with E-state index in [1.165, 1.54) is 11.4 Å². The zero-order valence-electron chi connectivity index (χ0n) is 20.9. The zero-order valence-corrected chi connectivity index (χ0v) is 20.9. The van der Waals surface area contributed by atoms with Crippen molar-refractivity contribution in [2.24, 2.45) is 28.3 Å². The van der Waals surface area contributed by atoms with Gasteiger partial charge in [0.1, 0.15) is 12.4 Å². The van der Waals surface area contributed by atoms with Gasteiger partial charge in [0.25, 0.3) is 0 Å². The fraction of sp³-hybridized carbons (Fsp3) is 0.640. The van der Waals surface area contributed by atoms with E-state index in [1.807, 2.05) is 13.0 Å². The van der Waals surface area contributed by atoms with Gasteiger partial charge in [-0.25, -0.2) is 15.6 Å². The summed E-state index contributed by atoms with van der Waals surface area (Å²) in [6.45, 7) is 2.93. The Morgan fingerprint density at radius 1 is 1.23 bits per heavy atom. The third-order valence-corrected chi connectivity index (χ3v) is 8.00. The number of ether oxygens (including phenoxy) is 2. The fourth-order valence-corrected chi connectivity index (χ4v) is 5.65. The number of rotatable bonds is 10. The van der Waals surface area contributed by atoms with Crippen molar-refractivity contribution in [2.45, 2.75) is 51.9 Å². The number of carbonyl (C=O) groups excluding carboxylic acids is 1. The van der Waals surface area contributed by atoms with Crippen molar-refractivity contribution in [2.75, 3.05) is 33.9 Å². The third-order valence-electron chi connectivity index (χ3n) is 8.00. The number of carbonyl (C=O) groups is 2. The average molecular weight is 488 g/mol. The maximum atomic E-state index is 12.4. The molecule has 4 aliphatic carbocycles. The van der Waals surface area contributed by atoms with E-state index in [1.54, 1.807) is 25.1 Å². The van der Waals surface area contributed by atoms with E-state index >= 15 is 0 Å². The summed E-state index contributed by atoms with van der Waals surface area (Å²) in [7, 11) is 3.37. The molecular weight excluding hydrogens is 450 g/mol. The molecule has 1 heterocycles. The first-order valence-corrected chi connectivity index (χ1v) is 12.2. The molecule has 35 heavy (non-hydrogen) atoms. The lowest BCUT2D eigenvalue weighted by Crippen LogP contribution is -2.45. The molecule has 0 atom stereocenters. The van der Waals surface area contributed by atoms with Gasteiger partial charge >= 0.3 is 12.1 Å². The Morgan fingerprint density at radius 3 is 2.49 bits per heavy atom. The number of fused-ring (bicyclic) bond motifs is 1. The number of nitrogens with two attached hydrogens (primary N) is 2. The van der Waals surface area contributed by atoms with Crippen LogP contribution in [0.15, 0.2) is 17.8 Å². The number of amides is 1. The van der Waals surface area contributed by atoms with E-state index in [0.29, 0.717) is 60.4 Å². The Bertz CT molecular complexity index is 1010. The topological polar surface area (TPSA) is 144 Å². The number of carboxylic acid groups (broad SMARTS) is 1. The van der Waals surface area contributed by atoms with Crippen molar-refractivity contribution in [1.82, 2.24) is 14.9 Å². The molecule has 5 rings (SSSR count). The smallest absolute Gasteiger partial charge is 0.409 e. The van der Waals surface area contributed by atoms with Gasteiger partial charge < -0.3 is 30.2 Å². The fourth-order valence-electron chi connectivity index (χ4n) is 5.65. The van der Waals surface area contributed by atoms with Crippen LogP contribution >= 0.6 is 0 Å². The summed E-state index contributed by atoms with van der Waals surface area (Å²) in [5.41, 5.74) is 7.72. The molecule has 10 nitrogen and oxygen atoms in total. The lowest BCUT2D eigenvalue weighted by molar-refractivity contribution is -0.158. The average Bonchev–Trinajstić information content (AvgIpc) is 3.32. The predicted octanol–water partition coefficient (Wildman–Crippen LogP) is 2.72. The zero-order chi connectivity index (χ0) is 25.4. The van der Waals surface area contributed by atoms with E-state index in [4.69, 9.17) is 21.1 Å². The first kappa shape index (κ1) is 25.1. The van der Waals surface area contributed by atoms with E-state index < -0.39 is 17.5 Å². The molecule has 4 saturated carbocycles. The van der Waals surface area contributed by atoms with Crippen LogP contribution in [0.25, 0.3) is 5.70 Å². The number of nitrogens with zero attached hydrogens (tertiary/aromatic N) is 3. The molecule has 0 aliphatic heterocycles. The number of carboxylic acids is 1. The molecule has 0 unspecified atom stereocenters. The van der Waals surface area contributed by atoms with Gasteiger partial charge in [-0.1, -0.05) is 6.42 Å². The highest BCUT2D eigenvalue weighted by molar-refractivity contribution is 5.77. The van der Waals surface area contributed by atoms with E-state index in [0.717, 1.165) is 25.7 Å². The van der Waals surface area contributed by atoms with Crippen molar-refractivity contribution in [3.8, 4) is 5.75 Å². The standard InChI is InChI=1S/C25H37N5O5/c1-16-20(35-15-24-9-10-25(13-24,14-24)22(31)32)8-7-18(28-16)21(26)19(30(3)27)12-34-23(33)29(2)11-17-5-4-6-17/h7-8,17H,4-6,9-15,26-27H2,1-3H3,(H,31,32)/b21-19-. The Labute approximate surface area is 206 Å². The molecule has 2 bridgehead atoms. The number of aryl methyl sites for hydroxylation is 1. The maximum absolute atomic E-state index is 12.4. The summed E-state index contributed by atoms with van der Waals surface area (Å²) in [5.74, 6) is 6.48. The molecule has 192 valence electrons. The predicted molar refractivity (Wildman–Crippen MR) is 130 cm³/mol. The normalized spacial score (nSPS) is 25.7. The molecule has 10 heteroatoms. The Balaban J connectivity index is 1.37. The van der Waals surface area contributed by atoms with Gasteiger partial charge in [0.2, 0.25) is 0 Å². The summed E-state index contributed by atoms with van der Waals surface area (Å²) >= 11 is 0. The van der Waals surface area contributed by atoms with Crippen molar-refractivity contribution < 1.29 is 24.2 Å². The van der Waals surface area contributed by atoms with Gasteiger partial charge in [0.15, 0.2) is 0 Å². The highest BCUT2D eigenvalue weighted by Gasteiger charge is 2.65. The van der Waals surface area contributed by atoms with E-state index in [2.05, 4.69) is 4.98 Å². The molecule has 1 aromatic rings. The number of likely N-dealkylation sites (N-methyl/N-ethyl adjacent to an activating group) is 1. The van der Waals surface area contributed by atoms with Crippen LogP contribution in [0.3, 0.4) is 0 Å². The Hall–Kier alpha value is -3.01. The molecule has 4 fully saturated rings. The van der Waals surface area contributed by atoms with Crippen LogP contribution in [-0.4, -0.2) is 65.9 Å². The van der Waals surface area contributed by atoms with E-state index in [9.17, 15) is 14.7 Å².